The van der Waals surface area contributed by atoms with Crippen LogP contribution in [0, 0.1) is 0 Å². The average molecular weight is 201 g/mol. The minimum Gasteiger partial charge on any atom is -0.378 e. The molecule has 4 N–H and O–H groups in total. The van der Waals surface area contributed by atoms with E-state index in [1.54, 1.807) is 0 Å². The molecule has 0 aromatic carbocycles. The monoisotopic (exact) mass is 201 g/mol. The normalized spacial score (nSPS) is 27.4. The summed E-state index contributed by atoms with van der Waals surface area (Å²) in [5.41, 5.74) is 5.49. The molecule has 1 rings (SSSR count). The van der Waals surface area contributed by atoms with Crippen LogP contribution >= 0.6 is 0 Å². The molecule has 0 aromatic rings. The Kier molecular flexibility index (Phi) is 3.34. The Labute approximate surface area is 84.4 Å². The number of nitrogens with one attached hydrogen (secondary N) is 2. The molecule has 2 amide bonds. The molecule has 1 fully saturated rings. The highest BCUT2D eigenvalue weighted by atomic mass is 16.5. The van der Waals surface area contributed by atoms with E-state index in [1.807, 2.05) is 20.8 Å². The van der Waals surface area contributed by atoms with Crippen LogP contribution in [0.4, 0.5) is 4.79 Å². The number of hydrogen-bond donors (Lipinski definition) is 3. The Hall–Kier alpha value is -0.810. The van der Waals surface area contributed by atoms with Crippen molar-refractivity contribution < 1.29 is 9.53 Å². The molecular weight excluding hydrogens is 182 g/mol. The molecule has 0 radical (unpaired) electrons. The van der Waals surface area contributed by atoms with Gasteiger partial charge in [0.15, 0.2) is 0 Å². The van der Waals surface area contributed by atoms with Gasteiger partial charge in [-0.3, -0.25) is 0 Å². The van der Waals surface area contributed by atoms with Gasteiger partial charge < -0.3 is 21.1 Å². The van der Waals surface area contributed by atoms with Gasteiger partial charge in [0.1, 0.15) is 0 Å². The fraction of sp³-hybridized carbons (Fsp3) is 0.889. The number of ether oxygens (including phenoxy) is 1. The third-order valence-corrected chi connectivity index (χ3v) is 1.93. The molecule has 5 nitrogen and oxygen atoms in total. The third kappa shape index (κ3) is 3.51. The van der Waals surface area contributed by atoms with Crippen molar-refractivity contribution in [1.82, 2.24) is 10.6 Å². The number of carbonyl (C=O) groups is 1. The highest BCUT2D eigenvalue weighted by molar-refractivity contribution is 5.75. The predicted molar refractivity (Wildman–Crippen MR) is 54.0 cm³/mol. The second-order valence-electron chi connectivity index (χ2n) is 4.66. The summed E-state index contributed by atoms with van der Waals surface area (Å²) in [7, 11) is 0. The van der Waals surface area contributed by atoms with Crippen molar-refractivity contribution in [2.45, 2.75) is 38.4 Å². The first-order valence-electron chi connectivity index (χ1n) is 4.80. The van der Waals surface area contributed by atoms with Gasteiger partial charge in [0, 0.05) is 5.54 Å². The van der Waals surface area contributed by atoms with Crippen molar-refractivity contribution in [3.8, 4) is 0 Å². The van der Waals surface area contributed by atoms with Crippen LogP contribution in [-0.2, 0) is 4.74 Å². The molecule has 82 valence electrons. The lowest BCUT2D eigenvalue weighted by atomic mass is 10.1. The summed E-state index contributed by atoms with van der Waals surface area (Å²) >= 11 is 0. The van der Waals surface area contributed by atoms with Crippen LogP contribution in [0.5, 0.6) is 0 Å². The number of carbonyl (C=O) groups excluding carboxylic acids is 1. The minimum absolute atomic E-state index is 0.0719. The zero-order chi connectivity index (χ0) is 10.8. The van der Waals surface area contributed by atoms with Gasteiger partial charge in [-0.1, -0.05) is 0 Å². The largest absolute Gasteiger partial charge is 0.378 e. The van der Waals surface area contributed by atoms with Gasteiger partial charge in [0.05, 0.1) is 25.3 Å². The number of urea groups is 1. The maximum atomic E-state index is 11.4. The van der Waals surface area contributed by atoms with Gasteiger partial charge in [-0.2, -0.15) is 0 Å². The lowest BCUT2D eigenvalue weighted by Crippen LogP contribution is -2.54. The molecule has 1 saturated heterocycles. The van der Waals surface area contributed by atoms with E-state index < -0.39 is 0 Å². The lowest BCUT2D eigenvalue weighted by molar-refractivity contribution is 0.186. The van der Waals surface area contributed by atoms with E-state index in [2.05, 4.69) is 10.6 Å². The van der Waals surface area contributed by atoms with Crippen molar-refractivity contribution in [2.75, 3.05) is 13.2 Å². The summed E-state index contributed by atoms with van der Waals surface area (Å²) in [5.74, 6) is 0. The molecule has 14 heavy (non-hydrogen) atoms. The predicted octanol–water partition coefficient (Wildman–Crippen LogP) is -0.190. The number of amides is 2. The maximum Gasteiger partial charge on any atom is 0.315 e. The zero-order valence-corrected chi connectivity index (χ0v) is 8.96. The molecule has 1 heterocycles. The van der Waals surface area contributed by atoms with E-state index in [-0.39, 0.29) is 23.7 Å². The smallest absolute Gasteiger partial charge is 0.315 e. The van der Waals surface area contributed by atoms with Crippen molar-refractivity contribution >= 4 is 6.03 Å². The first kappa shape index (κ1) is 11.3. The molecule has 0 saturated carbocycles. The van der Waals surface area contributed by atoms with Gasteiger partial charge in [0.2, 0.25) is 0 Å². The van der Waals surface area contributed by atoms with Crippen LogP contribution < -0.4 is 16.4 Å². The molecule has 2 atom stereocenters. The van der Waals surface area contributed by atoms with Crippen molar-refractivity contribution in [2.24, 2.45) is 5.73 Å². The summed E-state index contributed by atoms with van der Waals surface area (Å²) in [4.78, 5) is 11.4. The summed E-state index contributed by atoms with van der Waals surface area (Å²) in [5, 5.41) is 5.59. The molecular formula is C9H19N3O2. The first-order chi connectivity index (χ1) is 6.38. The van der Waals surface area contributed by atoms with Gasteiger partial charge in [-0.15, -0.1) is 0 Å². The standard InChI is InChI=1S/C9H19N3O2/c1-9(2,3)12-8(13)11-7-5-14-4-6(7)10/h6-7H,4-5,10H2,1-3H3,(H2,11,12,13). The Bertz CT molecular complexity index is 213. The van der Waals surface area contributed by atoms with Crippen LogP contribution in [0.3, 0.4) is 0 Å². The van der Waals surface area contributed by atoms with E-state index in [0.29, 0.717) is 13.2 Å². The number of rotatable bonds is 1. The Morgan fingerprint density at radius 1 is 1.43 bits per heavy atom. The molecule has 0 aliphatic carbocycles. The maximum absolute atomic E-state index is 11.4. The Balaban J connectivity index is 2.33. The van der Waals surface area contributed by atoms with Gasteiger partial charge in [0.25, 0.3) is 0 Å². The summed E-state index contributed by atoms with van der Waals surface area (Å²) in [6.07, 6.45) is 0. The van der Waals surface area contributed by atoms with E-state index in [1.165, 1.54) is 0 Å². The van der Waals surface area contributed by atoms with Crippen LogP contribution in [0.2, 0.25) is 0 Å². The molecule has 5 heteroatoms. The average Bonchev–Trinajstić information content (AvgIpc) is 2.32. The van der Waals surface area contributed by atoms with Crippen LogP contribution in [-0.4, -0.2) is 36.9 Å². The second-order valence-corrected chi connectivity index (χ2v) is 4.66. The fourth-order valence-corrected chi connectivity index (χ4v) is 1.26. The number of nitrogens with two attached hydrogens (primary N) is 1. The third-order valence-electron chi connectivity index (χ3n) is 1.93. The Morgan fingerprint density at radius 2 is 2.07 bits per heavy atom. The van der Waals surface area contributed by atoms with Crippen LogP contribution in [0.1, 0.15) is 20.8 Å². The lowest BCUT2D eigenvalue weighted by Gasteiger charge is -2.23. The van der Waals surface area contributed by atoms with Crippen molar-refractivity contribution in [1.29, 1.82) is 0 Å². The van der Waals surface area contributed by atoms with Gasteiger partial charge >= 0.3 is 6.03 Å². The highest BCUT2D eigenvalue weighted by Gasteiger charge is 2.27. The molecule has 1 aliphatic rings. The number of hydrogen-bond acceptors (Lipinski definition) is 3. The van der Waals surface area contributed by atoms with Gasteiger partial charge in [-0.05, 0) is 20.8 Å². The highest BCUT2D eigenvalue weighted by Crippen LogP contribution is 2.03. The van der Waals surface area contributed by atoms with E-state index >= 15 is 0 Å². The van der Waals surface area contributed by atoms with E-state index in [4.69, 9.17) is 10.5 Å². The van der Waals surface area contributed by atoms with E-state index in [0.717, 1.165) is 0 Å². The summed E-state index contributed by atoms with van der Waals surface area (Å²) in [6, 6.07) is -0.360. The molecule has 1 aliphatic heterocycles. The topological polar surface area (TPSA) is 76.4 Å². The zero-order valence-electron chi connectivity index (χ0n) is 8.96. The Morgan fingerprint density at radius 3 is 2.50 bits per heavy atom. The molecule has 2 unspecified atom stereocenters. The molecule has 0 spiro atoms. The van der Waals surface area contributed by atoms with Crippen LogP contribution in [0.15, 0.2) is 0 Å². The van der Waals surface area contributed by atoms with Gasteiger partial charge in [-0.25, -0.2) is 4.79 Å². The first-order valence-corrected chi connectivity index (χ1v) is 4.80. The van der Waals surface area contributed by atoms with E-state index in [9.17, 15) is 4.79 Å². The minimum atomic E-state index is -0.229. The molecule has 0 aromatic heterocycles. The van der Waals surface area contributed by atoms with Crippen LogP contribution in [0.25, 0.3) is 0 Å². The summed E-state index contributed by atoms with van der Waals surface area (Å²) in [6.45, 7) is 6.80. The summed E-state index contributed by atoms with van der Waals surface area (Å²) < 4.78 is 5.13. The van der Waals surface area contributed by atoms with Crippen molar-refractivity contribution in [3.05, 3.63) is 0 Å². The second kappa shape index (κ2) is 4.14. The fourth-order valence-electron chi connectivity index (χ4n) is 1.26. The molecule has 0 bridgehead atoms. The SMILES string of the molecule is CC(C)(C)NC(=O)NC1COCC1N. The van der Waals surface area contributed by atoms with Crippen molar-refractivity contribution in [3.63, 3.8) is 0 Å². The quantitative estimate of drug-likeness (QED) is 0.550.